The maximum atomic E-state index is 11.3. The minimum absolute atomic E-state index is 0.0919. The van der Waals surface area contributed by atoms with E-state index in [0.717, 1.165) is 6.26 Å². The van der Waals surface area contributed by atoms with Crippen molar-refractivity contribution in [1.29, 1.82) is 0 Å². The highest BCUT2D eigenvalue weighted by molar-refractivity contribution is 9.10. The predicted octanol–water partition coefficient (Wildman–Crippen LogP) is 1.86. The van der Waals surface area contributed by atoms with Crippen LogP contribution in [0.15, 0.2) is 21.5 Å². The molecule has 82 valence electrons. The van der Waals surface area contributed by atoms with Gasteiger partial charge in [0.05, 0.1) is 10.5 Å². The molecule has 0 radical (unpaired) electrons. The van der Waals surface area contributed by atoms with Gasteiger partial charge in [0, 0.05) is 10.7 Å². The Morgan fingerprint density at radius 3 is 2.33 bits per heavy atom. The van der Waals surface area contributed by atoms with Gasteiger partial charge in [0.25, 0.3) is 0 Å². The van der Waals surface area contributed by atoms with Crippen molar-refractivity contribution in [2.45, 2.75) is 11.8 Å². The maximum absolute atomic E-state index is 11.3. The number of carboxylic acids is 1. The van der Waals surface area contributed by atoms with E-state index in [1.807, 2.05) is 0 Å². The van der Waals surface area contributed by atoms with Gasteiger partial charge < -0.3 is 5.11 Å². The van der Waals surface area contributed by atoms with Crippen molar-refractivity contribution < 1.29 is 18.3 Å². The standard InChI is InChI=1S/C9H9BrO4S/c1-5-6(9(11)12)3-4-7(8(5)10)15(2,13)14/h3-4H,1-2H3,(H,11,12). The quantitative estimate of drug-likeness (QED) is 0.903. The van der Waals surface area contributed by atoms with Gasteiger partial charge in [0.1, 0.15) is 0 Å². The first-order valence-corrected chi connectivity index (χ1v) is 6.66. The summed E-state index contributed by atoms with van der Waals surface area (Å²) < 4.78 is 22.9. The summed E-state index contributed by atoms with van der Waals surface area (Å²) in [5.74, 6) is -1.08. The molecule has 0 bridgehead atoms. The van der Waals surface area contributed by atoms with Crippen molar-refractivity contribution in [2.75, 3.05) is 6.26 Å². The Kier molecular flexibility index (Phi) is 3.20. The van der Waals surface area contributed by atoms with Crippen LogP contribution < -0.4 is 0 Å². The lowest BCUT2D eigenvalue weighted by atomic mass is 10.1. The van der Waals surface area contributed by atoms with Crippen LogP contribution in [0.4, 0.5) is 0 Å². The smallest absolute Gasteiger partial charge is 0.335 e. The van der Waals surface area contributed by atoms with Crippen LogP contribution in [0.3, 0.4) is 0 Å². The Bertz CT molecular complexity index is 519. The number of carbonyl (C=O) groups is 1. The molecule has 0 aliphatic rings. The lowest BCUT2D eigenvalue weighted by molar-refractivity contribution is 0.0696. The molecule has 1 aromatic rings. The monoisotopic (exact) mass is 292 g/mol. The Morgan fingerprint density at radius 2 is 1.93 bits per heavy atom. The van der Waals surface area contributed by atoms with E-state index in [1.54, 1.807) is 6.92 Å². The molecule has 0 aliphatic carbocycles. The molecule has 0 atom stereocenters. The normalized spacial score (nSPS) is 11.4. The van der Waals surface area contributed by atoms with E-state index in [0.29, 0.717) is 10.0 Å². The van der Waals surface area contributed by atoms with E-state index in [9.17, 15) is 13.2 Å². The number of rotatable bonds is 2. The Labute approximate surface area is 96.0 Å². The van der Waals surface area contributed by atoms with Gasteiger partial charge in [-0.15, -0.1) is 0 Å². The van der Waals surface area contributed by atoms with Crippen molar-refractivity contribution in [3.8, 4) is 0 Å². The molecule has 15 heavy (non-hydrogen) atoms. The van der Waals surface area contributed by atoms with Gasteiger partial charge in [-0.3, -0.25) is 0 Å². The highest BCUT2D eigenvalue weighted by Gasteiger charge is 2.17. The number of carboxylic acid groups (broad SMARTS) is 1. The molecule has 6 heteroatoms. The molecule has 0 saturated carbocycles. The van der Waals surface area contributed by atoms with Gasteiger partial charge in [0.2, 0.25) is 0 Å². The molecular weight excluding hydrogens is 284 g/mol. The average Bonchev–Trinajstić information content (AvgIpc) is 2.06. The molecule has 1 N–H and O–H groups in total. The molecule has 0 heterocycles. The Balaban J connectivity index is 3.55. The van der Waals surface area contributed by atoms with Crippen molar-refractivity contribution >= 4 is 31.7 Å². The second-order valence-corrected chi connectivity index (χ2v) is 5.90. The highest BCUT2D eigenvalue weighted by atomic mass is 79.9. The average molecular weight is 293 g/mol. The number of sulfone groups is 1. The molecule has 1 rings (SSSR count). The molecule has 1 aromatic carbocycles. The summed E-state index contributed by atoms with van der Waals surface area (Å²) in [6.07, 6.45) is 1.08. The van der Waals surface area contributed by atoms with E-state index in [2.05, 4.69) is 15.9 Å². The van der Waals surface area contributed by atoms with Crippen molar-refractivity contribution in [1.82, 2.24) is 0 Å². The summed E-state index contributed by atoms with van der Waals surface area (Å²) in [7, 11) is -3.34. The number of hydrogen-bond donors (Lipinski definition) is 1. The summed E-state index contributed by atoms with van der Waals surface area (Å²) in [5, 5.41) is 8.81. The van der Waals surface area contributed by atoms with Gasteiger partial charge in [-0.25, -0.2) is 13.2 Å². The van der Waals surface area contributed by atoms with Crippen LogP contribution in [0.1, 0.15) is 15.9 Å². The third-order valence-corrected chi connectivity index (χ3v) is 4.40. The number of aromatic carboxylic acids is 1. The van der Waals surface area contributed by atoms with E-state index in [-0.39, 0.29) is 10.5 Å². The fraction of sp³-hybridized carbons (Fsp3) is 0.222. The van der Waals surface area contributed by atoms with Crippen LogP contribution >= 0.6 is 15.9 Å². The van der Waals surface area contributed by atoms with E-state index in [4.69, 9.17) is 5.11 Å². The fourth-order valence-corrected chi connectivity index (χ4v) is 3.20. The minimum Gasteiger partial charge on any atom is -0.478 e. The highest BCUT2D eigenvalue weighted by Crippen LogP contribution is 2.27. The lowest BCUT2D eigenvalue weighted by Gasteiger charge is -2.07. The van der Waals surface area contributed by atoms with Gasteiger partial charge in [-0.05, 0) is 40.5 Å². The SMILES string of the molecule is Cc1c(C(=O)O)ccc(S(C)(=O)=O)c1Br. The molecule has 0 amide bonds. The molecule has 4 nitrogen and oxygen atoms in total. The van der Waals surface area contributed by atoms with Crippen molar-refractivity contribution in [3.05, 3.63) is 27.7 Å². The number of hydrogen-bond acceptors (Lipinski definition) is 3. The fourth-order valence-electron chi connectivity index (χ4n) is 1.18. The van der Waals surface area contributed by atoms with E-state index < -0.39 is 15.8 Å². The molecule has 0 spiro atoms. The second kappa shape index (κ2) is 3.94. The topological polar surface area (TPSA) is 71.4 Å². The first kappa shape index (κ1) is 12.2. The maximum Gasteiger partial charge on any atom is 0.335 e. The molecule has 0 aromatic heterocycles. The zero-order valence-electron chi connectivity index (χ0n) is 8.11. The van der Waals surface area contributed by atoms with Crippen LogP contribution in [0, 0.1) is 6.92 Å². The predicted molar refractivity (Wildman–Crippen MR) is 58.9 cm³/mol. The van der Waals surface area contributed by atoms with Crippen molar-refractivity contribution in [2.24, 2.45) is 0 Å². The first-order valence-electron chi connectivity index (χ1n) is 3.97. The lowest BCUT2D eigenvalue weighted by Crippen LogP contribution is -2.05. The van der Waals surface area contributed by atoms with Crippen LogP contribution in [0.2, 0.25) is 0 Å². The van der Waals surface area contributed by atoms with Crippen molar-refractivity contribution in [3.63, 3.8) is 0 Å². The van der Waals surface area contributed by atoms with Gasteiger partial charge in [0.15, 0.2) is 9.84 Å². The summed E-state index contributed by atoms with van der Waals surface area (Å²) >= 11 is 3.09. The van der Waals surface area contributed by atoms with Gasteiger partial charge >= 0.3 is 5.97 Å². The number of halogens is 1. The van der Waals surface area contributed by atoms with E-state index in [1.165, 1.54) is 12.1 Å². The molecule has 0 fully saturated rings. The summed E-state index contributed by atoms with van der Waals surface area (Å²) in [6, 6.07) is 2.58. The molecule has 0 saturated heterocycles. The van der Waals surface area contributed by atoms with Crippen LogP contribution in [0.25, 0.3) is 0 Å². The molecular formula is C9H9BrO4S. The summed E-state index contributed by atoms with van der Waals surface area (Å²) in [6.45, 7) is 1.56. The first-order chi connectivity index (χ1) is 6.75. The zero-order valence-corrected chi connectivity index (χ0v) is 10.5. The Morgan fingerprint density at radius 1 is 1.40 bits per heavy atom. The summed E-state index contributed by atoms with van der Waals surface area (Å²) in [4.78, 5) is 10.9. The van der Waals surface area contributed by atoms with Gasteiger partial charge in [-0.1, -0.05) is 0 Å². The number of benzene rings is 1. The second-order valence-electron chi connectivity index (χ2n) is 3.13. The summed E-state index contributed by atoms with van der Waals surface area (Å²) in [5.41, 5.74) is 0.500. The van der Waals surface area contributed by atoms with Gasteiger partial charge in [-0.2, -0.15) is 0 Å². The zero-order chi connectivity index (χ0) is 11.8. The molecule has 0 unspecified atom stereocenters. The van der Waals surface area contributed by atoms with Crippen LogP contribution in [-0.4, -0.2) is 25.7 Å². The third kappa shape index (κ3) is 2.38. The minimum atomic E-state index is -3.34. The largest absolute Gasteiger partial charge is 0.478 e. The third-order valence-electron chi connectivity index (χ3n) is 1.98. The Hall–Kier alpha value is -0.880. The van der Waals surface area contributed by atoms with Crippen LogP contribution in [-0.2, 0) is 9.84 Å². The molecule has 0 aliphatic heterocycles. The van der Waals surface area contributed by atoms with Crippen LogP contribution in [0.5, 0.6) is 0 Å². The van der Waals surface area contributed by atoms with E-state index >= 15 is 0 Å².